The van der Waals surface area contributed by atoms with Gasteiger partial charge in [-0.3, -0.25) is 0 Å². The summed E-state index contributed by atoms with van der Waals surface area (Å²) in [6.45, 7) is 4.17. The number of rotatable bonds is 6. The van der Waals surface area contributed by atoms with E-state index in [1.165, 1.54) is 30.8 Å². The third-order valence-electron chi connectivity index (χ3n) is 2.85. The summed E-state index contributed by atoms with van der Waals surface area (Å²) in [7, 11) is 2.09. The molecule has 1 heterocycles. The highest BCUT2D eigenvalue weighted by atomic mass is 32.2. The van der Waals surface area contributed by atoms with Gasteiger partial charge in [0.05, 0.1) is 0 Å². The first-order valence-electron chi connectivity index (χ1n) is 5.71. The second kappa shape index (κ2) is 7.55. The monoisotopic (exact) mass is 217 g/mol. The Kier molecular flexibility index (Phi) is 6.65. The van der Waals surface area contributed by atoms with Crippen LogP contribution in [0.4, 0.5) is 0 Å². The quantitative estimate of drug-likeness (QED) is 0.689. The molecule has 0 aromatic carbocycles. The molecule has 1 atom stereocenters. The van der Waals surface area contributed by atoms with Gasteiger partial charge in [-0.25, -0.2) is 0 Å². The fourth-order valence-electron chi connectivity index (χ4n) is 1.93. The van der Waals surface area contributed by atoms with E-state index in [-0.39, 0.29) is 0 Å². The van der Waals surface area contributed by atoms with E-state index in [2.05, 4.69) is 31.1 Å². The van der Waals surface area contributed by atoms with Gasteiger partial charge in [-0.15, -0.1) is 0 Å². The van der Waals surface area contributed by atoms with Crippen LogP contribution in [0.25, 0.3) is 0 Å². The summed E-state index contributed by atoms with van der Waals surface area (Å²) in [6, 6.07) is 0.690. The van der Waals surface area contributed by atoms with E-state index in [1.807, 2.05) is 0 Å². The Morgan fingerprint density at radius 3 is 2.71 bits per heavy atom. The molecular weight excluding hydrogens is 194 g/mol. The van der Waals surface area contributed by atoms with E-state index in [0.717, 1.165) is 19.1 Å². The zero-order valence-corrected chi connectivity index (χ0v) is 10.2. The van der Waals surface area contributed by atoms with Gasteiger partial charge in [0.2, 0.25) is 0 Å². The summed E-state index contributed by atoms with van der Waals surface area (Å²) in [5.41, 5.74) is 0. The highest BCUT2D eigenvalue weighted by molar-refractivity contribution is 7.99. The fraction of sp³-hybridized carbons (Fsp3) is 1.00. The van der Waals surface area contributed by atoms with Gasteiger partial charge in [-0.1, -0.05) is 6.92 Å². The second-order valence-corrected chi connectivity index (χ2v) is 5.07. The fourth-order valence-corrected chi connectivity index (χ4v) is 3.08. The predicted octanol–water partition coefficient (Wildman–Crippen LogP) is 2.14. The first-order chi connectivity index (χ1) is 6.88. The SMILES string of the molecule is CCCSCC(NC)C1CCOCC1. The van der Waals surface area contributed by atoms with Crippen molar-refractivity contribution >= 4 is 11.8 Å². The van der Waals surface area contributed by atoms with Crippen molar-refractivity contribution in [3.63, 3.8) is 0 Å². The van der Waals surface area contributed by atoms with Gasteiger partial charge in [0.1, 0.15) is 0 Å². The molecule has 1 fully saturated rings. The zero-order chi connectivity index (χ0) is 10.2. The van der Waals surface area contributed by atoms with Crippen molar-refractivity contribution in [2.75, 3.05) is 31.8 Å². The molecule has 3 heteroatoms. The van der Waals surface area contributed by atoms with Crippen molar-refractivity contribution in [3.05, 3.63) is 0 Å². The van der Waals surface area contributed by atoms with E-state index in [4.69, 9.17) is 4.74 Å². The summed E-state index contributed by atoms with van der Waals surface area (Å²) in [5, 5.41) is 3.45. The maximum absolute atomic E-state index is 5.39. The van der Waals surface area contributed by atoms with E-state index >= 15 is 0 Å². The van der Waals surface area contributed by atoms with Crippen LogP contribution in [0.15, 0.2) is 0 Å². The first-order valence-corrected chi connectivity index (χ1v) is 6.86. The Bertz CT molecular complexity index is 137. The highest BCUT2D eigenvalue weighted by Crippen LogP contribution is 2.21. The number of thioether (sulfide) groups is 1. The van der Waals surface area contributed by atoms with Crippen LogP contribution in [0.2, 0.25) is 0 Å². The number of ether oxygens (including phenoxy) is 1. The van der Waals surface area contributed by atoms with Crippen molar-refractivity contribution in [2.24, 2.45) is 5.92 Å². The van der Waals surface area contributed by atoms with Gasteiger partial charge in [0, 0.05) is 25.0 Å². The van der Waals surface area contributed by atoms with Crippen molar-refractivity contribution in [1.29, 1.82) is 0 Å². The maximum atomic E-state index is 5.39. The molecule has 1 saturated heterocycles. The molecule has 1 unspecified atom stereocenters. The zero-order valence-electron chi connectivity index (χ0n) is 9.42. The van der Waals surface area contributed by atoms with Gasteiger partial charge in [0.15, 0.2) is 0 Å². The summed E-state index contributed by atoms with van der Waals surface area (Å²) >= 11 is 2.08. The molecule has 1 N–H and O–H groups in total. The Morgan fingerprint density at radius 1 is 1.43 bits per heavy atom. The lowest BCUT2D eigenvalue weighted by Crippen LogP contribution is -2.38. The number of hydrogen-bond acceptors (Lipinski definition) is 3. The average molecular weight is 217 g/mol. The number of nitrogens with one attached hydrogen (secondary N) is 1. The maximum Gasteiger partial charge on any atom is 0.0469 e. The van der Waals surface area contributed by atoms with E-state index < -0.39 is 0 Å². The van der Waals surface area contributed by atoms with Crippen LogP contribution < -0.4 is 5.32 Å². The first kappa shape index (κ1) is 12.3. The Labute approximate surface area is 92.2 Å². The van der Waals surface area contributed by atoms with Crippen LogP contribution >= 0.6 is 11.8 Å². The largest absolute Gasteiger partial charge is 0.381 e. The minimum atomic E-state index is 0.690. The molecule has 1 rings (SSSR count). The minimum Gasteiger partial charge on any atom is -0.381 e. The Hall–Kier alpha value is 0.270. The molecule has 0 aromatic heterocycles. The van der Waals surface area contributed by atoms with Crippen LogP contribution in [-0.2, 0) is 4.74 Å². The normalized spacial score (nSPS) is 21.0. The van der Waals surface area contributed by atoms with Crippen LogP contribution in [0.1, 0.15) is 26.2 Å². The molecular formula is C11H23NOS. The van der Waals surface area contributed by atoms with Crippen molar-refractivity contribution in [3.8, 4) is 0 Å². The van der Waals surface area contributed by atoms with E-state index in [1.54, 1.807) is 0 Å². The van der Waals surface area contributed by atoms with Crippen molar-refractivity contribution in [2.45, 2.75) is 32.2 Å². The molecule has 0 saturated carbocycles. The molecule has 1 aliphatic heterocycles. The number of hydrogen-bond donors (Lipinski definition) is 1. The summed E-state index contributed by atoms with van der Waals surface area (Å²) < 4.78 is 5.39. The molecule has 84 valence electrons. The van der Waals surface area contributed by atoms with Crippen molar-refractivity contribution < 1.29 is 4.74 Å². The molecule has 0 radical (unpaired) electrons. The molecule has 1 aliphatic rings. The lowest BCUT2D eigenvalue weighted by atomic mass is 9.93. The molecule has 2 nitrogen and oxygen atoms in total. The molecule has 0 amide bonds. The molecule has 14 heavy (non-hydrogen) atoms. The average Bonchev–Trinajstić information content (AvgIpc) is 2.26. The van der Waals surface area contributed by atoms with Crippen LogP contribution in [-0.4, -0.2) is 37.8 Å². The smallest absolute Gasteiger partial charge is 0.0469 e. The van der Waals surface area contributed by atoms with Gasteiger partial charge < -0.3 is 10.1 Å². The topological polar surface area (TPSA) is 21.3 Å². The second-order valence-electron chi connectivity index (χ2n) is 3.92. The lowest BCUT2D eigenvalue weighted by molar-refractivity contribution is 0.0575. The molecule has 0 bridgehead atoms. The highest BCUT2D eigenvalue weighted by Gasteiger charge is 2.22. The predicted molar refractivity (Wildman–Crippen MR) is 64.0 cm³/mol. The van der Waals surface area contributed by atoms with Crippen LogP contribution in [0, 0.1) is 5.92 Å². The van der Waals surface area contributed by atoms with Crippen molar-refractivity contribution in [1.82, 2.24) is 5.32 Å². The lowest BCUT2D eigenvalue weighted by Gasteiger charge is -2.29. The molecule has 0 aromatic rings. The molecule has 0 aliphatic carbocycles. The molecule has 0 spiro atoms. The minimum absolute atomic E-state index is 0.690. The standard InChI is InChI=1S/C11H23NOS/c1-3-8-14-9-11(12-2)10-4-6-13-7-5-10/h10-12H,3-9H2,1-2H3. The summed E-state index contributed by atoms with van der Waals surface area (Å²) in [6.07, 6.45) is 3.76. The third-order valence-corrected chi connectivity index (χ3v) is 4.14. The van der Waals surface area contributed by atoms with E-state index in [0.29, 0.717) is 6.04 Å². The Balaban J connectivity index is 2.21. The van der Waals surface area contributed by atoms with Gasteiger partial charge in [-0.05, 0) is 38.0 Å². The van der Waals surface area contributed by atoms with E-state index in [9.17, 15) is 0 Å². The van der Waals surface area contributed by atoms with Crippen LogP contribution in [0.5, 0.6) is 0 Å². The summed E-state index contributed by atoms with van der Waals surface area (Å²) in [4.78, 5) is 0. The van der Waals surface area contributed by atoms with Gasteiger partial charge in [0.25, 0.3) is 0 Å². The third kappa shape index (κ3) is 4.20. The van der Waals surface area contributed by atoms with Crippen LogP contribution in [0.3, 0.4) is 0 Å². The van der Waals surface area contributed by atoms with Gasteiger partial charge >= 0.3 is 0 Å². The summed E-state index contributed by atoms with van der Waals surface area (Å²) in [5.74, 6) is 3.38. The van der Waals surface area contributed by atoms with Gasteiger partial charge in [-0.2, -0.15) is 11.8 Å². The Morgan fingerprint density at radius 2 is 2.14 bits per heavy atom.